The summed E-state index contributed by atoms with van der Waals surface area (Å²) >= 11 is -4.02. The van der Waals surface area contributed by atoms with Gasteiger partial charge in [-0.25, -0.2) is 0 Å². The van der Waals surface area contributed by atoms with Crippen molar-refractivity contribution in [2.45, 2.75) is 27.7 Å². The topological polar surface area (TPSA) is 6.48 Å². The monoisotopic (exact) mass is 558 g/mol. The Balaban J connectivity index is 1.86. The molecule has 1 heterocycles. The van der Waals surface area contributed by atoms with E-state index < -0.39 is 11.9 Å². The van der Waals surface area contributed by atoms with Crippen LogP contribution in [0, 0.1) is 27.7 Å². The number of para-hydroxylation sites is 2. The Morgan fingerprint density at radius 1 is 0.429 bits per heavy atom. The van der Waals surface area contributed by atoms with Gasteiger partial charge >= 0.3 is 219 Å². The first-order chi connectivity index (χ1) is 16.8. The number of anilines is 4. The van der Waals surface area contributed by atoms with Crippen LogP contribution in [0.5, 0.6) is 0 Å². The quantitative estimate of drug-likeness (QED) is 0.157. The maximum absolute atomic E-state index is 7.73. The predicted octanol–water partition coefficient (Wildman–Crippen LogP) is 9.43. The molecule has 174 valence electrons. The average molecular weight is 558 g/mol. The number of halogens is 2. The minimum atomic E-state index is -4.02. The summed E-state index contributed by atoms with van der Waals surface area (Å²) in [5, 5.41) is 4.78. The third-order valence-corrected chi connectivity index (χ3v) is 14.8. The van der Waals surface area contributed by atoms with Crippen LogP contribution < -0.4 is 7.71 Å². The van der Waals surface area contributed by atoms with Crippen LogP contribution in [0.3, 0.4) is 0 Å². The molecule has 0 amide bonds. The van der Waals surface area contributed by atoms with E-state index in [1.165, 1.54) is 43.8 Å². The molecule has 0 aliphatic carbocycles. The molecule has 0 saturated heterocycles. The van der Waals surface area contributed by atoms with Crippen LogP contribution in [-0.2, 0) is 0 Å². The van der Waals surface area contributed by atoms with E-state index in [9.17, 15) is 0 Å². The molecule has 0 unspecified atom stereocenters. The van der Waals surface area contributed by atoms with Crippen molar-refractivity contribution in [1.82, 2.24) is 0 Å². The van der Waals surface area contributed by atoms with Gasteiger partial charge in [-0.2, -0.15) is 0 Å². The summed E-state index contributed by atoms with van der Waals surface area (Å²) in [5.41, 5.74) is 9.16. The third kappa shape index (κ3) is 3.23. The van der Waals surface area contributed by atoms with Gasteiger partial charge in [0, 0.05) is 0 Å². The van der Waals surface area contributed by atoms with E-state index >= 15 is 0 Å². The summed E-state index contributed by atoms with van der Waals surface area (Å²) in [5.74, 6) is 0. The number of fused-ring (bicyclic) bond motifs is 6. The summed E-state index contributed by atoms with van der Waals surface area (Å²) < 4.78 is 4.65. The van der Waals surface area contributed by atoms with Crippen LogP contribution in [0.1, 0.15) is 22.3 Å². The normalized spacial score (nSPS) is 14.7. The summed E-state index contributed by atoms with van der Waals surface area (Å²) in [6.45, 7) is 8.61. The van der Waals surface area contributed by atoms with Crippen molar-refractivity contribution in [2.75, 3.05) is 7.71 Å². The Morgan fingerprint density at radius 2 is 0.743 bits per heavy atom. The molecule has 5 aromatic rings. The fourth-order valence-electron chi connectivity index (χ4n) is 5.74. The molecular formula is C30H26Cl2GeN2. The Labute approximate surface area is 217 Å². The molecule has 6 rings (SSSR count). The molecule has 0 atom stereocenters. The number of nitrogens with zero attached hydrogens (tertiary/aromatic N) is 2. The molecular weight excluding hydrogens is 532 g/mol. The molecule has 0 aromatic heterocycles. The molecule has 0 radical (unpaired) electrons. The summed E-state index contributed by atoms with van der Waals surface area (Å²) in [6, 6.07) is 30.1. The summed E-state index contributed by atoms with van der Waals surface area (Å²) in [6.07, 6.45) is 0. The summed E-state index contributed by atoms with van der Waals surface area (Å²) in [7, 11) is 15.5. The van der Waals surface area contributed by atoms with Crippen molar-refractivity contribution < 1.29 is 0 Å². The Kier molecular flexibility index (Phi) is 5.33. The molecule has 35 heavy (non-hydrogen) atoms. The van der Waals surface area contributed by atoms with E-state index in [-0.39, 0.29) is 0 Å². The van der Waals surface area contributed by atoms with Crippen LogP contribution >= 0.6 is 20.0 Å². The fourth-order valence-corrected chi connectivity index (χ4v) is 14.4. The van der Waals surface area contributed by atoms with E-state index in [0.29, 0.717) is 0 Å². The van der Waals surface area contributed by atoms with Crippen molar-refractivity contribution in [3.8, 4) is 0 Å². The molecule has 5 heteroatoms. The number of hydrogen-bond acceptors (Lipinski definition) is 2. The number of rotatable bonds is 2. The fraction of sp³-hybridized carbons (Fsp3) is 0.133. The minimum absolute atomic E-state index is 1.12. The number of benzene rings is 5. The Morgan fingerprint density at radius 3 is 1.09 bits per heavy atom. The second kappa shape index (κ2) is 8.19. The van der Waals surface area contributed by atoms with Crippen molar-refractivity contribution in [2.24, 2.45) is 0 Å². The first kappa shape index (κ1) is 22.8. The number of hydrogen-bond donors (Lipinski definition) is 0. The van der Waals surface area contributed by atoms with Gasteiger partial charge in [0.1, 0.15) is 0 Å². The van der Waals surface area contributed by atoms with Crippen molar-refractivity contribution in [1.29, 1.82) is 0 Å². The molecule has 0 saturated carbocycles. The van der Waals surface area contributed by atoms with Gasteiger partial charge < -0.3 is 0 Å². The molecule has 5 aromatic carbocycles. The molecule has 0 N–H and O–H groups in total. The van der Waals surface area contributed by atoms with E-state index in [1.54, 1.807) is 0 Å². The van der Waals surface area contributed by atoms with Gasteiger partial charge in [0.15, 0.2) is 0 Å². The van der Waals surface area contributed by atoms with Crippen LogP contribution in [-0.4, -0.2) is 11.9 Å². The van der Waals surface area contributed by atoms with Gasteiger partial charge in [-0.05, 0) is 0 Å². The first-order valence-electron chi connectivity index (χ1n) is 11.9. The van der Waals surface area contributed by atoms with Crippen LogP contribution in [0.15, 0.2) is 84.9 Å². The molecule has 0 spiro atoms. The van der Waals surface area contributed by atoms with Gasteiger partial charge in [-0.15, -0.1) is 0 Å². The third-order valence-electron chi connectivity index (χ3n) is 7.19. The average Bonchev–Trinajstić information content (AvgIpc) is 3.07. The van der Waals surface area contributed by atoms with Crippen LogP contribution in [0.25, 0.3) is 21.5 Å². The summed E-state index contributed by atoms with van der Waals surface area (Å²) in [4.78, 5) is 0. The SMILES string of the molecule is Cc1cccc(C)c1[N]1c2c(c3ccccc3c3ccccc23)[N](c2c(C)cccc2C)[Ge]1([Cl])[Cl]. The predicted molar refractivity (Wildman–Crippen MR) is 155 cm³/mol. The zero-order chi connectivity index (χ0) is 24.5. The van der Waals surface area contributed by atoms with Gasteiger partial charge in [-0.3, -0.25) is 0 Å². The van der Waals surface area contributed by atoms with Crippen LogP contribution in [0.4, 0.5) is 22.7 Å². The molecule has 0 bridgehead atoms. The standard InChI is InChI=1S/C30H26Cl2GeN2/c1-19-11-9-12-20(2)27(19)34-29-25-17-7-5-15-23(25)24-16-6-8-18-26(24)30(29)35(33(34,31)32)28-21(3)13-10-14-22(28)4/h5-18H,1-4H3. The van der Waals surface area contributed by atoms with E-state index in [4.69, 9.17) is 20.0 Å². The van der Waals surface area contributed by atoms with Crippen LogP contribution in [0.2, 0.25) is 0 Å². The van der Waals surface area contributed by atoms with E-state index in [1.807, 2.05) is 0 Å². The van der Waals surface area contributed by atoms with E-state index in [2.05, 4.69) is 120 Å². The first-order valence-corrected chi connectivity index (χ1v) is 19.3. The second-order valence-corrected chi connectivity index (χ2v) is 19.9. The van der Waals surface area contributed by atoms with Crippen molar-refractivity contribution in [3.63, 3.8) is 0 Å². The second-order valence-electron chi connectivity index (χ2n) is 9.45. The van der Waals surface area contributed by atoms with E-state index in [0.717, 1.165) is 22.7 Å². The number of aryl methyl sites for hydroxylation is 4. The van der Waals surface area contributed by atoms with Crippen molar-refractivity contribution in [3.05, 3.63) is 107 Å². The van der Waals surface area contributed by atoms with Gasteiger partial charge in [0.2, 0.25) is 0 Å². The zero-order valence-electron chi connectivity index (χ0n) is 20.2. The van der Waals surface area contributed by atoms with Gasteiger partial charge in [0.25, 0.3) is 0 Å². The maximum atomic E-state index is 7.73. The molecule has 2 nitrogen and oxygen atoms in total. The van der Waals surface area contributed by atoms with Gasteiger partial charge in [-0.1, -0.05) is 0 Å². The molecule has 0 fully saturated rings. The van der Waals surface area contributed by atoms with Gasteiger partial charge in [0.05, 0.1) is 0 Å². The Bertz CT molecular complexity index is 1480. The van der Waals surface area contributed by atoms with Crippen molar-refractivity contribution >= 4 is 76.2 Å². The molecule has 1 aliphatic rings. The zero-order valence-corrected chi connectivity index (χ0v) is 23.8. The Hall–Kier alpha value is -2.66. The molecule has 1 aliphatic heterocycles.